The maximum atomic E-state index is 13.3. The van der Waals surface area contributed by atoms with Gasteiger partial charge in [-0.1, -0.05) is 42.3 Å². The van der Waals surface area contributed by atoms with Crippen molar-refractivity contribution in [1.82, 2.24) is 9.55 Å². The molecule has 1 heterocycles. The van der Waals surface area contributed by atoms with Gasteiger partial charge in [0.2, 0.25) is 0 Å². The minimum absolute atomic E-state index is 0.0984. The third kappa shape index (κ3) is 6.06. The number of hydrogen-bond donors (Lipinski definition) is 1. The van der Waals surface area contributed by atoms with Gasteiger partial charge in [0.25, 0.3) is 0 Å². The molecule has 1 saturated carbocycles. The van der Waals surface area contributed by atoms with E-state index in [1.807, 2.05) is 54.2 Å². The number of carbonyl (C=O) groups excluding carboxylic acids is 1. The lowest BCUT2D eigenvalue weighted by molar-refractivity contribution is -0.112. The maximum Gasteiger partial charge on any atom is 0.198 e. The number of imidazole rings is 1. The van der Waals surface area contributed by atoms with Crippen LogP contribution in [-0.2, 0) is 11.8 Å². The smallest absolute Gasteiger partial charge is 0.198 e. The van der Waals surface area contributed by atoms with Gasteiger partial charge in [-0.2, -0.15) is 0 Å². The highest BCUT2D eigenvalue weighted by molar-refractivity contribution is 8.03. The van der Waals surface area contributed by atoms with Gasteiger partial charge >= 0.3 is 0 Å². The number of hydrogen-bond acceptors (Lipinski definition) is 5. The molecule has 0 aliphatic heterocycles. The van der Waals surface area contributed by atoms with Crippen LogP contribution in [0.5, 0.6) is 5.75 Å². The second-order valence-electron chi connectivity index (χ2n) is 8.77. The molecule has 1 atom stereocenters. The van der Waals surface area contributed by atoms with Gasteiger partial charge in [0, 0.05) is 25.0 Å². The van der Waals surface area contributed by atoms with Gasteiger partial charge < -0.3 is 14.4 Å². The molecule has 2 aliphatic carbocycles. The van der Waals surface area contributed by atoms with Crippen molar-refractivity contribution in [2.45, 2.75) is 62.1 Å². The van der Waals surface area contributed by atoms with Crippen LogP contribution < -0.4 is 4.74 Å². The number of aryl methyl sites for hydroxylation is 1. The first kappa shape index (κ1) is 23.6. The summed E-state index contributed by atoms with van der Waals surface area (Å²) in [4.78, 5) is 18.2. The molecule has 1 aromatic heterocycles. The molecule has 33 heavy (non-hydrogen) atoms. The first-order chi connectivity index (χ1) is 16.0. The third-order valence-corrected chi connectivity index (χ3v) is 7.33. The molecule has 1 aromatic carbocycles. The number of nitrogens with zero attached hydrogens (tertiary/aromatic N) is 2. The largest absolute Gasteiger partial charge is 0.494 e. The predicted octanol–water partition coefficient (Wildman–Crippen LogP) is 5.78. The van der Waals surface area contributed by atoms with Gasteiger partial charge in [-0.05, 0) is 74.9 Å². The summed E-state index contributed by atoms with van der Waals surface area (Å²) >= 11 is 1.32. The minimum Gasteiger partial charge on any atom is -0.494 e. The Kier molecular flexibility index (Phi) is 7.89. The van der Waals surface area contributed by atoms with Gasteiger partial charge in [-0.3, -0.25) is 4.79 Å². The van der Waals surface area contributed by atoms with Crippen LogP contribution in [0.4, 0.5) is 0 Å². The van der Waals surface area contributed by atoms with Crippen molar-refractivity contribution in [3.05, 3.63) is 77.0 Å². The Morgan fingerprint density at radius 1 is 1.15 bits per heavy atom. The van der Waals surface area contributed by atoms with Gasteiger partial charge in [-0.25, -0.2) is 4.98 Å². The number of thioether (sulfide) groups is 1. The summed E-state index contributed by atoms with van der Waals surface area (Å²) in [6.07, 6.45) is 17.1. The number of rotatable bonds is 9. The number of unbranched alkanes of at least 4 members (excludes halogenated alkanes) is 1. The van der Waals surface area contributed by atoms with Crippen LogP contribution in [0.25, 0.3) is 0 Å². The van der Waals surface area contributed by atoms with Gasteiger partial charge in [0.1, 0.15) is 11.4 Å². The summed E-state index contributed by atoms with van der Waals surface area (Å²) in [7, 11) is 1.90. The second kappa shape index (κ2) is 11.0. The number of Topliss-reactive ketones (excluding diaryl/α,β-unsaturated/α-hetero) is 1. The SMILES string of the molecule is Cn1ccnc1SC1=CC(O)(CCCCOc2ccccc2)/C(=C\C=C2CCCCC2)C1=O. The van der Waals surface area contributed by atoms with E-state index in [1.165, 1.54) is 36.6 Å². The standard InChI is InChI=1S/C27H32N2O3S/c1-29-18-17-28-26(29)33-24-20-27(31,16-8-9-19-32-22-12-6-3-7-13-22)23(25(24)30)15-14-21-10-4-2-5-11-21/h3,6-7,12-15,17-18,20,31H,2,4-5,8-11,16,19H2,1H3/b23-15-. The van der Waals surface area contributed by atoms with E-state index in [2.05, 4.69) is 11.1 Å². The van der Waals surface area contributed by atoms with Crippen molar-refractivity contribution in [3.63, 3.8) is 0 Å². The lowest BCUT2D eigenvalue weighted by atomic mass is 9.89. The fourth-order valence-electron chi connectivity index (χ4n) is 4.32. The Balaban J connectivity index is 1.45. The predicted molar refractivity (Wildman–Crippen MR) is 132 cm³/mol. The Hall–Kier alpha value is -2.57. The third-order valence-electron chi connectivity index (χ3n) is 6.23. The van der Waals surface area contributed by atoms with Crippen LogP contribution >= 0.6 is 11.8 Å². The highest BCUT2D eigenvalue weighted by atomic mass is 32.2. The van der Waals surface area contributed by atoms with Crippen molar-refractivity contribution >= 4 is 17.5 Å². The van der Waals surface area contributed by atoms with Crippen molar-refractivity contribution in [1.29, 1.82) is 0 Å². The number of benzene rings is 1. The molecule has 5 nitrogen and oxygen atoms in total. The van der Waals surface area contributed by atoms with E-state index >= 15 is 0 Å². The van der Waals surface area contributed by atoms with Crippen molar-refractivity contribution < 1.29 is 14.6 Å². The van der Waals surface area contributed by atoms with E-state index < -0.39 is 5.60 Å². The van der Waals surface area contributed by atoms with Crippen LogP contribution in [0.3, 0.4) is 0 Å². The fourth-order valence-corrected chi connectivity index (χ4v) is 5.29. The topological polar surface area (TPSA) is 64.3 Å². The number of ether oxygens (including phenoxy) is 1. The average Bonchev–Trinajstić information content (AvgIpc) is 3.33. The quantitative estimate of drug-likeness (QED) is 0.377. The molecule has 2 aromatic rings. The van der Waals surface area contributed by atoms with Crippen molar-refractivity contribution in [2.24, 2.45) is 7.05 Å². The molecular formula is C27H32N2O3S. The Morgan fingerprint density at radius 2 is 1.94 bits per heavy atom. The Labute approximate surface area is 200 Å². The zero-order valence-electron chi connectivity index (χ0n) is 19.2. The number of carbonyl (C=O) groups is 1. The van der Waals surface area contributed by atoms with Gasteiger partial charge in [0.15, 0.2) is 10.9 Å². The van der Waals surface area contributed by atoms with Gasteiger partial charge in [-0.15, -0.1) is 0 Å². The Bertz CT molecular complexity index is 1050. The first-order valence-electron chi connectivity index (χ1n) is 11.8. The molecule has 0 amide bonds. The molecule has 0 radical (unpaired) electrons. The maximum absolute atomic E-state index is 13.3. The molecule has 0 saturated heterocycles. The molecule has 0 spiro atoms. The van der Waals surface area contributed by atoms with Crippen molar-refractivity contribution in [2.75, 3.05) is 6.61 Å². The number of aliphatic hydroxyl groups is 1. The number of para-hydroxylation sites is 1. The zero-order valence-corrected chi connectivity index (χ0v) is 20.0. The summed E-state index contributed by atoms with van der Waals surface area (Å²) in [5.74, 6) is 0.749. The summed E-state index contributed by atoms with van der Waals surface area (Å²) in [5.41, 5.74) is 0.579. The summed E-state index contributed by atoms with van der Waals surface area (Å²) in [6.45, 7) is 0.579. The van der Waals surface area contributed by atoms with Crippen LogP contribution in [0.2, 0.25) is 0 Å². The minimum atomic E-state index is -1.26. The summed E-state index contributed by atoms with van der Waals surface area (Å²) in [5, 5.41) is 12.3. The highest BCUT2D eigenvalue weighted by Crippen LogP contribution is 2.41. The lowest BCUT2D eigenvalue weighted by Gasteiger charge is -2.22. The molecule has 1 unspecified atom stereocenters. The van der Waals surface area contributed by atoms with Crippen molar-refractivity contribution in [3.8, 4) is 5.75 Å². The summed E-state index contributed by atoms with van der Waals surface area (Å²) < 4.78 is 7.66. The molecule has 6 heteroatoms. The van der Waals surface area contributed by atoms with E-state index in [1.54, 1.807) is 12.3 Å². The fraction of sp³-hybridized carbons (Fsp3) is 0.407. The average molecular weight is 465 g/mol. The number of allylic oxidation sites excluding steroid dienone is 4. The van der Waals surface area contributed by atoms with E-state index in [-0.39, 0.29) is 5.78 Å². The van der Waals surface area contributed by atoms with E-state index in [0.29, 0.717) is 23.5 Å². The molecule has 1 N–H and O–H groups in total. The highest BCUT2D eigenvalue weighted by Gasteiger charge is 2.41. The van der Waals surface area contributed by atoms with Crippen LogP contribution in [0, 0.1) is 0 Å². The lowest BCUT2D eigenvalue weighted by Crippen LogP contribution is -2.28. The van der Waals surface area contributed by atoms with E-state index in [0.717, 1.165) is 36.6 Å². The zero-order chi connectivity index (χ0) is 23.1. The number of aromatic nitrogens is 2. The number of ketones is 1. The normalized spacial score (nSPS) is 22.0. The van der Waals surface area contributed by atoms with Crippen LogP contribution in [0.1, 0.15) is 51.4 Å². The van der Waals surface area contributed by atoms with E-state index in [4.69, 9.17) is 4.74 Å². The second-order valence-corrected chi connectivity index (χ2v) is 9.78. The molecular weight excluding hydrogens is 432 g/mol. The van der Waals surface area contributed by atoms with Crippen LogP contribution in [0.15, 0.2) is 82.2 Å². The van der Waals surface area contributed by atoms with Gasteiger partial charge in [0.05, 0.1) is 11.5 Å². The van der Waals surface area contributed by atoms with E-state index in [9.17, 15) is 9.90 Å². The summed E-state index contributed by atoms with van der Waals surface area (Å²) in [6, 6.07) is 9.74. The molecule has 0 bridgehead atoms. The monoisotopic (exact) mass is 464 g/mol. The molecule has 1 fully saturated rings. The Morgan fingerprint density at radius 3 is 2.67 bits per heavy atom. The molecule has 2 aliphatic rings. The molecule has 4 rings (SSSR count). The van der Waals surface area contributed by atoms with Crippen LogP contribution in [-0.4, -0.2) is 32.6 Å². The first-order valence-corrected chi connectivity index (χ1v) is 12.6. The molecule has 174 valence electrons.